The second kappa shape index (κ2) is 4.88. The lowest BCUT2D eigenvalue weighted by atomic mass is 10.2. The molecule has 0 amide bonds. The fourth-order valence-electron chi connectivity index (χ4n) is 2.16. The summed E-state index contributed by atoms with van der Waals surface area (Å²) in [5.74, 6) is 0.443. The number of hydrogen-bond donors (Lipinski definition) is 2. The average molecular weight is 293 g/mol. The third-order valence-corrected chi connectivity index (χ3v) is 4.56. The average Bonchev–Trinajstić information content (AvgIpc) is 3.04. The van der Waals surface area contributed by atoms with Crippen molar-refractivity contribution in [3.63, 3.8) is 0 Å². The monoisotopic (exact) mass is 293 g/mol. The predicted octanol–water partition coefficient (Wildman–Crippen LogP) is 0.262. The van der Waals surface area contributed by atoms with Gasteiger partial charge in [-0.1, -0.05) is 0 Å². The Morgan fingerprint density at radius 3 is 3.05 bits per heavy atom. The number of rotatable bonds is 4. The van der Waals surface area contributed by atoms with Crippen LogP contribution in [0, 0.1) is 0 Å². The number of aryl methyl sites for hydroxylation is 1. The van der Waals surface area contributed by atoms with Crippen LogP contribution < -0.4 is 10.0 Å². The number of hydrogen-bond acceptors (Lipinski definition) is 5. The lowest BCUT2D eigenvalue weighted by molar-refractivity contribution is 0.578. The van der Waals surface area contributed by atoms with E-state index in [2.05, 4.69) is 20.1 Å². The Balaban J connectivity index is 1.78. The van der Waals surface area contributed by atoms with E-state index in [-0.39, 0.29) is 11.4 Å². The summed E-state index contributed by atoms with van der Waals surface area (Å²) in [6.45, 7) is 0.933. The lowest BCUT2D eigenvalue weighted by Crippen LogP contribution is -2.24. The van der Waals surface area contributed by atoms with Gasteiger partial charge in [-0.2, -0.15) is 5.10 Å². The molecule has 0 radical (unpaired) electrons. The SMILES string of the molecule is Cn1cnc(CNS(=O)(=O)c2ccc3c(c2)CCN3)n1. The van der Waals surface area contributed by atoms with E-state index in [4.69, 9.17) is 0 Å². The van der Waals surface area contributed by atoms with Crippen LogP contribution in [0.2, 0.25) is 0 Å². The normalized spacial score (nSPS) is 14.1. The maximum absolute atomic E-state index is 12.2. The molecule has 3 rings (SSSR count). The summed E-state index contributed by atoms with van der Waals surface area (Å²) in [5, 5.41) is 7.24. The fraction of sp³-hybridized carbons (Fsp3) is 0.333. The van der Waals surface area contributed by atoms with Gasteiger partial charge >= 0.3 is 0 Å². The summed E-state index contributed by atoms with van der Waals surface area (Å²) in [7, 11) is -1.80. The Morgan fingerprint density at radius 1 is 1.45 bits per heavy atom. The highest BCUT2D eigenvalue weighted by atomic mass is 32.2. The summed E-state index contributed by atoms with van der Waals surface area (Å²) in [6.07, 6.45) is 2.38. The second-order valence-corrected chi connectivity index (χ2v) is 6.42. The van der Waals surface area contributed by atoms with Crippen LogP contribution in [0.4, 0.5) is 5.69 Å². The second-order valence-electron chi connectivity index (χ2n) is 4.65. The summed E-state index contributed by atoms with van der Waals surface area (Å²) in [5.41, 5.74) is 2.04. The summed E-state index contributed by atoms with van der Waals surface area (Å²) >= 11 is 0. The number of nitrogens with zero attached hydrogens (tertiary/aromatic N) is 3. The van der Waals surface area contributed by atoms with Crippen LogP contribution in [0.1, 0.15) is 11.4 Å². The van der Waals surface area contributed by atoms with Crippen molar-refractivity contribution in [2.75, 3.05) is 11.9 Å². The molecule has 7 nitrogen and oxygen atoms in total. The van der Waals surface area contributed by atoms with Gasteiger partial charge in [-0.3, -0.25) is 4.68 Å². The van der Waals surface area contributed by atoms with Crippen molar-refractivity contribution in [2.45, 2.75) is 17.9 Å². The molecular formula is C12H15N5O2S. The van der Waals surface area contributed by atoms with Gasteiger partial charge in [-0.05, 0) is 30.2 Å². The molecular weight excluding hydrogens is 278 g/mol. The Morgan fingerprint density at radius 2 is 2.30 bits per heavy atom. The molecule has 1 aliphatic heterocycles. The predicted molar refractivity (Wildman–Crippen MR) is 73.7 cm³/mol. The minimum atomic E-state index is -3.54. The van der Waals surface area contributed by atoms with E-state index < -0.39 is 10.0 Å². The number of sulfonamides is 1. The number of aromatic nitrogens is 3. The molecule has 2 heterocycles. The van der Waals surface area contributed by atoms with Gasteiger partial charge in [-0.25, -0.2) is 18.1 Å². The standard InChI is InChI=1S/C12H15N5O2S/c1-17-8-14-12(16-17)7-15-20(18,19)10-2-3-11-9(6-10)4-5-13-11/h2-3,6,8,13,15H,4-5,7H2,1H3. The van der Waals surface area contributed by atoms with Crippen molar-refractivity contribution in [3.05, 3.63) is 35.9 Å². The van der Waals surface area contributed by atoms with Crippen molar-refractivity contribution in [2.24, 2.45) is 7.05 Å². The molecule has 20 heavy (non-hydrogen) atoms. The Kier molecular flexibility index (Phi) is 3.19. The third kappa shape index (κ3) is 2.52. The van der Waals surface area contributed by atoms with E-state index in [9.17, 15) is 8.42 Å². The summed E-state index contributed by atoms with van der Waals surface area (Å²) in [6, 6.07) is 5.12. The molecule has 8 heteroatoms. The number of anilines is 1. The van der Waals surface area contributed by atoms with Crippen LogP contribution in [0.25, 0.3) is 0 Å². The highest BCUT2D eigenvalue weighted by molar-refractivity contribution is 7.89. The maximum Gasteiger partial charge on any atom is 0.240 e. The molecule has 2 aromatic rings. The molecule has 0 aliphatic carbocycles. The third-order valence-electron chi connectivity index (χ3n) is 3.16. The summed E-state index contributed by atoms with van der Waals surface area (Å²) < 4.78 is 28.5. The Bertz CT molecular complexity index is 738. The van der Waals surface area contributed by atoms with Crippen molar-refractivity contribution < 1.29 is 8.42 Å². The molecule has 0 spiro atoms. The first-order valence-electron chi connectivity index (χ1n) is 6.25. The first-order valence-corrected chi connectivity index (χ1v) is 7.74. The highest BCUT2D eigenvalue weighted by Crippen LogP contribution is 2.24. The molecule has 1 aromatic heterocycles. The van der Waals surface area contributed by atoms with Gasteiger partial charge in [0.25, 0.3) is 0 Å². The van der Waals surface area contributed by atoms with Gasteiger partial charge in [0, 0.05) is 19.3 Å². The van der Waals surface area contributed by atoms with Crippen molar-refractivity contribution in [3.8, 4) is 0 Å². The zero-order valence-electron chi connectivity index (χ0n) is 11.0. The molecule has 0 atom stereocenters. The fourth-order valence-corrected chi connectivity index (χ4v) is 3.19. The van der Waals surface area contributed by atoms with Crippen molar-refractivity contribution >= 4 is 15.7 Å². The molecule has 106 valence electrons. The van der Waals surface area contributed by atoms with E-state index in [0.29, 0.717) is 5.82 Å². The molecule has 0 bridgehead atoms. The smallest absolute Gasteiger partial charge is 0.240 e. The van der Waals surface area contributed by atoms with Gasteiger partial charge in [-0.15, -0.1) is 0 Å². The minimum Gasteiger partial charge on any atom is -0.384 e. The molecule has 0 saturated heterocycles. The number of fused-ring (bicyclic) bond motifs is 1. The van der Waals surface area contributed by atoms with Crippen LogP contribution in [0.5, 0.6) is 0 Å². The van der Waals surface area contributed by atoms with Crippen LogP contribution in [0.3, 0.4) is 0 Å². The quantitative estimate of drug-likeness (QED) is 0.844. The van der Waals surface area contributed by atoms with E-state index in [0.717, 1.165) is 24.2 Å². The van der Waals surface area contributed by atoms with Crippen LogP contribution in [-0.2, 0) is 30.0 Å². The molecule has 0 saturated carbocycles. The first kappa shape index (κ1) is 13.1. The topological polar surface area (TPSA) is 88.9 Å². The lowest BCUT2D eigenvalue weighted by Gasteiger charge is -2.07. The molecule has 0 unspecified atom stereocenters. The van der Waals surface area contributed by atoms with Crippen LogP contribution in [-0.4, -0.2) is 29.7 Å². The number of benzene rings is 1. The van der Waals surface area contributed by atoms with E-state index in [1.165, 1.54) is 11.0 Å². The zero-order valence-corrected chi connectivity index (χ0v) is 11.8. The maximum atomic E-state index is 12.2. The molecule has 1 aromatic carbocycles. The van der Waals surface area contributed by atoms with E-state index in [1.807, 2.05) is 0 Å². The van der Waals surface area contributed by atoms with Crippen molar-refractivity contribution in [1.29, 1.82) is 0 Å². The van der Waals surface area contributed by atoms with Crippen molar-refractivity contribution in [1.82, 2.24) is 19.5 Å². The van der Waals surface area contributed by atoms with E-state index in [1.54, 1.807) is 25.2 Å². The Hall–Kier alpha value is -1.93. The zero-order chi connectivity index (χ0) is 14.2. The van der Waals surface area contributed by atoms with Gasteiger partial charge in [0.1, 0.15) is 6.33 Å². The summed E-state index contributed by atoms with van der Waals surface area (Å²) in [4.78, 5) is 4.26. The van der Waals surface area contributed by atoms with Gasteiger partial charge in [0.15, 0.2) is 5.82 Å². The van der Waals surface area contributed by atoms with Crippen LogP contribution >= 0.6 is 0 Å². The molecule has 0 fully saturated rings. The van der Waals surface area contributed by atoms with Gasteiger partial charge in [0.05, 0.1) is 11.4 Å². The molecule has 2 N–H and O–H groups in total. The van der Waals surface area contributed by atoms with Gasteiger partial charge < -0.3 is 5.32 Å². The number of nitrogens with one attached hydrogen (secondary N) is 2. The van der Waals surface area contributed by atoms with Crippen LogP contribution in [0.15, 0.2) is 29.4 Å². The van der Waals surface area contributed by atoms with Gasteiger partial charge in [0.2, 0.25) is 10.0 Å². The largest absolute Gasteiger partial charge is 0.384 e. The first-order chi connectivity index (χ1) is 9.54. The highest BCUT2D eigenvalue weighted by Gasteiger charge is 2.18. The minimum absolute atomic E-state index is 0.0819. The Labute approximate surface area is 117 Å². The molecule has 1 aliphatic rings. The van der Waals surface area contributed by atoms with E-state index >= 15 is 0 Å².